The van der Waals surface area contributed by atoms with E-state index in [-0.39, 0.29) is 0 Å². The van der Waals surface area contributed by atoms with Gasteiger partial charge >= 0.3 is 0 Å². The maximum atomic E-state index is 5.36. The molecule has 302 valence electrons. The Morgan fingerprint density at radius 2 is 0.785 bits per heavy atom. The van der Waals surface area contributed by atoms with Crippen molar-refractivity contribution >= 4 is 77.2 Å². The van der Waals surface area contributed by atoms with Crippen molar-refractivity contribution in [3.8, 4) is 28.5 Å². The molecule has 5 nitrogen and oxygen atoms in total. The van der Waals surface area contributed by atoms with Crippen molar-refractivity contribution in [3.63, 3.8) is 0 Å². The van der Waals surface area contributed by atoms with Crippen LogP contribution in [0.5, 0.6) is 0 Å². The molecule has 1 aliphatic heterocycles. The maximum absolute atomic E-state index is 5.36. The number of nitrogens with zero attached hydrogens (tertiary/aromatic N) is 5. The molecule has 6 heterocycles. The largest absolute Gasteiger partial charge is 0.309 e. The summed E-state index contributed by atoms with van der Waals surface area (Å²) in [6.07, 6.45) is 3.95. The van der Waals surface area contributed by atoms with E-state index in [0.29, 0.717) is 0 Å². The van der Waals surface area contributed by atoms with Crippen LogP contribution in [0.1, 0.15) is 22.3 Å². The molecule has 0 fully saturated rings. The second-order valence-electron chi connectivity index (χ2n) is 17.3. The molecule has 0 bridgehead atoms. The Morgan fingerprint density at radius 1 is 0.323 bits per heavy atom. The highest BCUT2D eigenvalue weighted by molar-refractivity contribution is 7.99. The molecule has 0 saturated carbocycles. The molecule has 1 atom stereocenters. The SMILES string of the molecule is c1ccc2c(c1)Sc1cc(-n3c4ccccc4c4cc(-n5c6ccccc6c6ccccc65)ccc43)ccc1C21c2cccnc2-c2ncc(-n3c4ccccc4c4ccccc43)cc21. The molecule has 0 radical (unpaired) electrons. The van der Waals surface area contributed by atoms with Crippen LogP contribution < -0.4 is 0 Å². The summed E-state index contributed by atoms with van der Waals surface area (Å²) in [5.41, 5.74) is 16.5. The van der Waals surface area contributed by atoms with Crippen molar-refractivity contribution in [2.45, 2.75) is 15.2 Å². The highest BCUT2D eigenvalue weighted by Crippen LogP contribution is 2.62. The Labute approximate surface area is 377 Å². The van der Waals surface area contributed by atoms with E-state index in [2.05, 4.69) is 214 Å². The first-order chi connectivity index (χ1) is 32.3. The van der Waals surface area contributed by atoms with E-state index in [1.54, 1.807) is 0 Å². The number of rotatable bonds is 3. The van der Waals surface area contributed by atoms with Gasteiger partial charge < -0.3 is 13.7 Å². The number of hydrogen-bond donors (Lipinski definition) is 0. The molecule has 0 saturated heterocycles. The van der Waals surface area contributed by atoms with E-state index in [4.69, 9.17) is 9.97 Å². The van der Waals surface area contributed by atoms with Crippen LogP contribution in [0.4, 0.5) is 0 Å². The van der Waals surface area contributed by atoms with Crippen molar-refractivity contribution < 1.29 is 0 Å². The molecule has 6 heteroatoms. The highest BCUT2D eigenvalue weighted by Gasteiger charge is 2.52. The first-order valence-electron chi connectivity index (χ1n) is 22.1. The molecule has 65 heavy (non-hydrogen) atoms. The van der Waals surface area contributed by atoms with Gasteiger partial charge in [0.2, 0.25) is 0 Å². The summed E-state index contributed by atoms with van der Waals surface area (Å²) in [7, 11) is 0. The van der Waals surface area contributed by atoms with Gasteiger partial charge in [-0.25, -0.2) is 0 Å². The van der Waals surface area contributed by atoms with Gasteiger partial charge in [-0.05, 0) is 95.6 Å². The normalized spacial score (nSPS) is 15.1. The Bertz CT molecular complexity index is 4080. The quantitative estimate of drug-likeness (QED) is 0.178. The third kappa shape index (κ3) is 4.58. The molecule has 5 aromatic heterocycles. The molecule has 1 spiro atoms. The topological polar surface area (TPSA) is 40.6 Å². The van der Waals surface area contributed by atoms with Gasteiger partial charge in [-0.15, -0.1) is 0 Å². The zero-order valence-electron chi connectivity index (χ0n) is 34.9. The van der Waals surface area contributed by atoms with E-state index >= 15 is 0 Å². The lowest BCUT2D eigenvalue weighted by atomic mass is 9.67. The number of pyridine rings is 2. The fraction of sp³-hybridized carbons (Fsp3) is 0.0169. The van der Waals surface area contributed by atoms with Gasteiger partial charge in [0.15, 0.2) is 0 Å². The minimum absolute atomic E-state index is 0.644. The van der Waals surface area contributed by atoms with E-state index in [1.807, 2.05) is 24.2 Å². The third-order valence-corrected chi connectivity index (χ3v) is 15.3. The van der Waals surface area contributed by atoms with Crippen molar-refractivity contribution in [2.75, 3.05) is 0 Å². The molecule has 0 amide bonds. The number of para-hydroxylation sites is 5. The predicted octanol–water partition coefficient (Wildman–Crippen LogP) is 14.6. The van der Waals surface area contributed by atoms with Crippen molar-refractivity contribution in [3.05, 3.63) is 235 Å². The second-order valence-corrected chi connectivity index (χ2v) is 18.4. The summed E-state index contributed by atoms with van der Waals surface area (Å²) in [5.74, 6) is 0. The summed E-state index contributed by atoms with van der Waals surface area (Å²) in [6.45, 7) is 0. The minimum atomic E-state index is -0.644. The predicted molar refractivity (Wildman–Crippen MR) is 266 cm³/mol. The third-order valence-electron chi connectivity index (χ3n) is 14.2. The Hall–Kier alpha value is -8.19. The van der Waals surface area contributed by atoms with Gasteiger partial charge in [-0.1, -0.05) is 133 Å². The number of aromatic nitrogens is 5. The van der Waals surface area contributed by atoms with Crippen molar-refractivity contribution in [1.29, 1.82) is 0 Å². The molecular formula is C59H35N5S. The van der Waals surface area contributed by atoms with Crippen LogP contribution in [0.25, 0.3) is 93.9 Å². The molecule has 2 aliphatic rings. The van der Waals surface area contributed by atoms with Crippen LogP contribution in [0.3, 0.4) is 0 Å². The molecule has 8 aromatic carbocycles. The minimum Gasteiger partial charge on any atom is -0.309 e. The molecule has 15 rings (SSSR count). The van der Waals surface area contributed by atoms with E-state index < -0.39 is 5.41 Å². The van der Waals surface area contributed by atoms with Crippen LogP contribution in [-0.2, 0) is 5.41 Å². The Morgan fingerprint density at radius 3 is 1.42 bits per heavy atom. The van der Waals surface area contributed by atoms with Gasteiger partial charge in [-0.2, -0.15) is 0 Å². The van der Waals surface area contributed by atoms with Crippen molar-refractivity contribution in [2.24, 2.45) is 0 Å². The summed E-state index contributed by atoms with van der Waals surface area (Å²) in [5, 5.41) is 7.44. The molecule has 1 unspecified atom stereocenters. The first-order valence-corrected chi connectivity index (χ1v) is 23.0. The van der Waals surface area contributed by atoms with Crippen LogP contribution in [0.15, 0.2) is 222 Å². The molecule has 0 N–H and O–H groups in total. The standard InChI is InChI=1S/C59H35N5S/c1-7-21-49-39(14-1)40-15-2-8-22-50(40)62(49)36-28-30-54-44(32-36)43-18-5-11-25-53(43)63(54)37-27-29-46-56(34-37)65-55-26-12-6-19-45(55)59(46)47-20-13-31-60-57(47)58-48(59)33-38(35-61-58)64-51-23-9-3-16-41(51)42-17-4-10-24-52(42)64/h1-35H. The van der Waals surface area contributed by atoms with Crippen LogP contribution in [0.2, 0.25) is 0 Å². The first kappa shape index (κ1) is 35.3. The van der Waals surface area contributed by atoms with Gasteiger partial charge in [0.1, 0.15) is 0 Å². The Balaban J connectivity index is 0.962. The van der Waals surface area contributed by atoms with Gasteiger partial charge in [0, 0.05) is 65.2 Å². The average Bonchev–Trinajstić information content (AvgIpc) is 4.08. The fourth-order valence-electron chi connectivity index (χ4n) is 11.6. The van der Waals surface area contributed by atoms with E-state index in [0.717, 1.165) is 50.6 Å². The van der Waals surface area contributed by atoms with Gasteiger partial charge in [0.05, 0.1) is 61.8 Å². The fourth-order valence-corrected chi connectivity index (χ4v) is 12.9. The molecule has 13 aromatic rings. The molecule has 1 aliphatic carbocycles. The lowest BCUT2D eigenvalue weighted by molar-refractivity contribution is 0.718. The van der Waals surface area contributed by atoms with E-state index in [1.165, 1.54) is 75.3 Å². The van der Waals surface area contributed by atoms with Gasteiger partial charge in [0.25, 0.3) is 0 Å². The lowest BCUT2D eigenvalue weighted by Crippen LogP contribution is -2.32. The van der Waals surface area contributed by atoms with Crippen LogP contribution >= 0.6 is 11.8 Å². The van der Waals surface area contributed by atoms with Crippen molar-refractivity contribution in [1.82, 2.24) is 23.7 Å². The zero-order chi connectivity index (χ0) is 42.4. The zero-order valence-corrected chi connectivity index (χ0v) is 35.7. The number of benzene rings is 8. The Kier molecular flexibility index (Phi) is 7.03. The summed E-state index contributed by atoms with van der Waals surface area (Å²) >= 11 is 1.86. The monoisotopic (exact) mass is 845 g/mol. The van der Waals surface area contributed by atoms with Crippen LogP contribution in [0, 0.1) is 0 Å². The molecular weight excluding hydrogens is 811 g/mol. The number of hydrogen-bond acceptors (Lipinski definition) is 3. The summed E-state index contributed by atoms with van der Waals surface area (Å²) in [6, 6.07) is 73.6. The summed E-state index contributed by atoms with van der Waals surface area (Å²) in [4.78, 5) is 12.9. The van der Waals surface area contributed by atoms with Gasteiger partial charge in [-0.3, -0.25) is 9.97 Å². The smallest absolute Gasteiger partial charge is 0.0939 e. The summed E-state index contributed by atoms with van der Waals surface area (Å²) < 4.78 is 7.25. The van der Waals surface area contributed by atoms with Crippen LogP contribution in [-0.4, -0.2) is 23.7 Å². The maximum Gasteiger partial charge on any atom is 0.0939 e. The van der Waals surface area contributed by atoms with E-state index in [9.17, 15) is 0 Å². The highest BCUT2D eigenvalue weighted by atomic mass is 32.2. The average molecular weight is 846 g/mol. The lowest BCUT2D eigenvalue weighted by Gasteiger charge is -2.39. The number of fused-ring (bicyclic) bond motifs is 18. The second kappa shape index (κ2) is 12.9.